The molecule has 20 heavy (non-hydrogen) atoms. The van der Waals surface area contributed by atoms with Gasteiger partial charge in [0.05, 0.1) is 18.8 Å². The fourth-order valence-corrected chi connectivity index (χ4v) is 3.68. The van der Waals surface area contributed by atoms with Crippen molar-refractivity contribution < 1.29 is 14.6 Å². The molecule has 1 heterocycles. The molecule has 0 spiro atoms. The molecule has 1 aliphatic heterocycles. The number of thioether (sulfide) groups is 1. The molecule has 1 amide bonds. The minimum Gasteiger partial charge on any atom is -0.394 e. The van der Waals surface area contributed by atoms with Gasteiger partial charge in [-0.3, -0.25) is 4.79 Å². The summed E-state index contributed by atoms with van der Waals surface area (Å²) in [5.74, 6) is 1.83. The summed E-state index contributed by atoms with van der Waals surface area (Å²) in [6, 6.07) is 7.55. The summed E-state index contributed by atoms with van der Waals surface area (Å²) < 4.78 is 5.77. The van der Waals surface area contributed by atoms with Gasteiger partial charge in [0.15, 0.2) is 0 Å². The summed E-state index contributed by atoms with van der Waals surface area (Å²) in [4.78, 5) is 12.2. The van der Waals surface area contributed by atoms with Crippen molar-refractivity contribution in [2.45, 2.75) is 18.9 Å². The Morgan fingerprint density at radius 3 is 2.95 bits per heavy atom. The Bertz CT molecular complexity index is 458. The van der Waals surface area contributed by atoms with Crippen molar-refractivity contribution in [2.75, 3.05) is 31.3 Å². The van der Waals surface area contributed by atoms with Crippen LogP contribution in [0.4, 0.5) is 0 Å². The number of hydrogen-bond acceptors (Lipinski definition) is 4. The molecule has 0 aromatic heterocycles. The standard InChI is InChI=1S/C15H21NO3S/c1-12-4-2-3-5-13(12)14(18)16-10-15(19-8-7-17)6-9-20-11-15/h2-5,17H,6-11H2,1H3,(H,16,18). The van der Waals surface area contributed by atoms with Crippen LogP contribution in [-0.4, -0.2) is 47.9 Å². The number of aliphatic hydroxyl groups is 1. The predicted octanol–water partition coefficient (Wildman–Crippen LogP) is 1.61. The van der Waals surface area contributed by atoms with Gasteiger partial charge in [0.1, 0.15) is 0 Å². The van der Waals surface area contributed by atoms with E-state index in [1.165, 1.54) is 0 Å². The lowest BCUT2D eigenvalue weighted by atomic mass is 10.0. The highest BCUT2D eigenvalue weighted by atomic mass is 32.2. The second-order valence-corrected chi connectivity index (χ2v) is 6.16. The predicted molar refractivity (Wildman–Crippen MR) is 81.2 cm³/mol. The summed E-state index contributed by atoms with van der Waals surface area (Å²) in [6.07, 6.45) is 0.908. The molecule has 0 radical (unpaired) electrons. The minimum atomic E-state index is -0.328. The molecular weight excluding hydrogens is 274 g/mol. The molecule has 1 aliphatic rings. The molecule has 5 heteroatoms. The summed E-state index contributed by atoms with van der Waals surface area (Å²) in [6.45, 7) is 2.75. The monoisotopic (exact) mass is 295 g/mol. The van der Waals surface area contributed by atoms with E-state index in [9.17, 15) is 4.79 Å². The zero-order valence-corrected chi connectivity index (χ0v) is 12.5. The van der Waals surface area contributed by atoms with Crippen molar-refractivity contribution in [2.24, 2.45) is 0 Å². The van der Waals surface area contributed by atoms with Crippen molar-refractivity contribution in [1.82, 2.24) is 5.32 Å². The molecule has 1 atom stereocenters. The van der Waals surface area contributed by atoms with Crippen LogP contribution in [0.15, 0.2) is 24.3 Å². The first-order valence-corrected chi connectivity index (χ1v) is 7.99. The van der Waals surface area contributed by atoms with E-state index < -0.39 is 0 Å². The molecule has 110 valence electrons. The van der Waals surface area contributed by atoms with Gasteiger partial charge in [-0.15, -0.1) is 0 Å². The Labute approximate surface area is 123 Å². The molecule has 1 aromatic rings. The van der Waals surface area contributed by atoms with Gasteiger partial charge in [-0.1, -0.05) is 18.2 Å². The van der Waals surface area contributed by atoms with Crippen molar-refractivity contribution in [3.05, 3.63) is 35.4 Å². The van der Waals surface area contributed by atoms with Crippen molar-refractivity contribution in [3.63, 3.8) is 0 Å². The quantitative estimate of drug-likeness (QED) is 0.837. The number of amides is 1. The Kier molecular flexibility index (Phi) is 5.46. The highest BCUT2D eigenvalue weighted by Gasteiger charge is 2.35. The highest BCUT2D eigenvalue weighted by molar-refractivity contribution is 7.99. The van der Waals surface area contributed by atoms with E-state index in [4.69, 9.17) is 9.84 Å². The van der Waals surface area contributed by atoms with Crippen LogP contribution in [0.5, 0.6) is 0 Å². The highest BCUT2D eigenvalue weighted by Crippen LogP contribution is 2.30. The SMILES string of the molecule is Cc1ccccc1C(=O)NCC1(OCCO)CCSC1. The molecule has 2 rings (SSSR count). The van der Waals surface area contributed by atoms with Crippen LogP contribution in [0.25, 0.3) is 0 Å². The molecule has 1 unspecified atom stereocenters. The van der Waals surface area contributed by atoms with Crippen molar-refractivity contribution in [3.8, 4) is 0 Å². The number of aliphatic hydroxyl groups excluding tert-OH is 1. The van der Waals surface area contributed by atoms with Crippen LogP contribution in [-0.2, 0) is 4.74 Å². The number of nitrogens with one attached hydrogen (secondary N) is 1. The first-order chi connectivity index (χ1) is 9.67. The van der Waals surface area contributed by atoms with Crippen molar-refractivity contribution in [1.29, 1.82) is 0 Å². The number of hydrogen-bond donors (Lipinski definition) is 2. The lowest BCUT2D eigenvalue weighted by Gasteiger charge is -2.28. The van der Waals surface area contributed by atoms with Gasteiger partial charge in [-0.25, -0.2) is 0 Å². The molecule has 0 bridgehead atoms. The van der Waals surface area contributed by atoms with Crippen LogP contribution in [0, 0.1) is 6.92 Å². The Balaban J connectivity index is 1.96. The number of carbonyl (C=O) groups excluding carboxylic acids is 1. The number of carbonyl (C=O) groups is 1. The second kappa shape index (κ2) is 7.11. The van der Waals surface area contributed by atoms with Crippen LogP contribution < -0.4 is 5.32 Å². The van der Waals surface area contributed by atoms with Crippen molar-refractivity contribution >= 4 is 17.7 Å². The fourth-order valence-electron chi connectivity index (χ4n) is 2.32. The fraction of sp³-hybridized carbons (Fsp3) is 0.533. The molecule has 0 saturated carbocycles. The number of benzene rings is 1. The van der Waals surface area contributed by atoms with E-state index in [1.54, 1.807) is 0 Å². The van der Waals surface area contributed by atoms with Gasteiger partial charge >= 0.3 is 0 Å². The topological polar surface area (TPSA) is 58.6 Å². The van der Waals surface area contributed by atoms with Gasteiger partial charge in [-0.05, 0) is 30.7 Å². The zero-order chi connectivity index (χ0) is 14.4. The van der Waals surface area contributed by atoms with E-state index >= 15 is 0 Å². The van der Waals surface area contributed by atoms with Crippen LogP contribution in [0.3, 0.4) is 0 Å². The molecule has 2 N–H and O–H groups in total. The maximum Gasteiger partial charge on any atom is 0.251 e. The van der Waals surface area contributed by atoms with E-state index in [-0.39, 0.29) is 18.1 Å². The van der Waals surface area contributed by atoms with E-state index in [0.717, 1.165) is 23.5 Å². The zero-order valence-electron chi connectivity index (χ0n) is 11.7. The molecule has 1 saturated heterocycles. The van der Waals surface area contributed by atoms with Crippen LogP contribution >= 0.6 is 11.8 Å². The maximum atomic E-state index is 12.2. The second-order valence-electron chi connectivity index (χ2n) is 5.06. The first kappa shape index (κ1) is 15.4. The van der Waals surface area contributed by atoms with Gasteiger partial charge in [0.25, 0.3) is 5.91 Å². The summed E-state index contributed by atoms with van der Waals surface area (Å²) >= 11 is 1.82. The van der Waals surface area contributed by atoms with Gasteiger partial charge < -0.3 is 15.2 Å². The molecule has 4 nitrogen and oxygen atoms in total. The van der Waals surface area contributed by atoms with E-state index in [2.05, 4.69) is 5.32 Å². The van der Waals surface area contributed by atoms with E-state index in [0.29, 0.717) is 18.7 Å². The number of ether oxygens (including phenoxy) is 1. The van der Waals surface area contributed by atoms with Gasteiger partial charge in [0, 0.05) is 17.9 Å². The molecule has 1 fully saturated rings. The van der Waals surface area contributed by atoms with E-state index in [1.807, 2.05) is 43.0 Å². The normalized spacial score (nSPS) is 21.9. The third kappa shape index (κ3) is 3.75. The third-order valence-electron chi connectivity index (χ3n) is 3.53. The Morgan fingerprint density at radius 2 is 2.30 bits per heavy atom. The van der Waals surface area contributed by atoms with Gasteiger partial charge in [0.2, 0.25) is 0 Å². The lowest BCUT2D eigenvalue weighted by molar-refractivity contribution is -0.0378. The van der Waals surface area contributed by atoms with Crippen LogP contribution in [0.1, 0.15) is 22.3 Å². The summed E-state index contributed by atoms with van der Waals surface area (Å²) in [7, 11) is 0. The average Bonchev–Trinajstić information content (AvgIpc) is 2.92. The summed E-state index contributed by atoms with van der Waals surface area (Å²) in [5.41, 5.74) is 1.35. The van der Waals surface area contributed by atoms with Crippen LogP contribution in [0.2, 0.25) is 0 Å². The average molecular weight is 295 g/mol. The van der Waals surface area contributed by atoms with Gasteiger partial charge in [-0.2, -0.15) is 11.8 Å². The third-order valence-corrected chi connectivity index (χ3v) is 4.75. The molecule has 1 aromatic carbocycles. The largest absolute Gasteiger partial charge is 0.394 e. The summed E-state index contributed by atoms with van der Waals surface area (Å²) in [5, 5.41) is 11.9. The first-order valence-electron chi connectivity index (χ1n) is 6.83. The minimum absolute atomic E-state index is 0.0121. The lowest BCUT2D eigenvalue weighted by Crippen LogP contribution is -2.45. The number of rotatable bonds is 6. The molecular formula is C15H21NO3S. The Hall–Kier alpha value is -1.04. The smallest absolute Gasteiger partial charge is 0.251 e. The number of aryl methyl sites for hydroxylation is 1. The Morgan fingerprint density at radius 1 is 1.50 bits per heavy atom. The maximum absolute atomic E-state index is 12.2. The molecule has 0 aliphatic carbocycles.